The van der Waals surface area contributed by atoms with Gasteiger partial charge in [-0.25, -0.2) is 0 Å². The first-order valence-electron chi connectivity index (χ1n) is 6.23. The third kappa shape index (κ3) is 2.71. The number of hydrogen-bond donors (Lipinski definition) is 1. The highest BCUT2D eigenvalue weighted by atomic mass is 16.5. The van der Waals surface area contributed by atoms with Gasteiger partial charge in [-0.3, -0.25) is 4.90 Å². The fourth-order valence-electron chi connectivity index (χ4n) is 2.87. The van der Waals surface area contributed by atoms with Crippen LogP contribution in [-0.2, 0) is 4.74 Å². The van der Waals surface area contributed by atoms with Crippen LogP contribution >= 0.6 is 0 Å². The first-order chi connectivity index (χ1) is 7.23. The van der Waals surface area contributed by atoms with Crippen molar-refractivity contribution >= 4 is 0 Å². The molecule has 15 heavy (non-hydrogen) atoms. The molecule has 2 rings (SSSR count). The van der Waals surface area contributed by atoms with Crippen molar-refractivity contribution in [1.29, 1.82) is 0 Å². The standard InChI is InChI=1S/C12H24N2O/c1-12(15-2)6-4-8-14(10-12)11-5-3-7-13-9-11/h11,13H,3-10H2,1-2H3. The molecule has 1 N–H and O–H groups in total. The molecule has 2 aliphatic heterocycles. The van der Waals surface area contributed by atoms with Crippen molar-refractivity contribution in [2.24, 2.45) is 0 Å². The molecular weight excluding hydrogens is 188 g/mol. The lowest BCUT2D eigenvalue weighted by Gasteiger charge is -2.44. The Balaban J connectivity index is 1.91. The quantitative estimate of drug-likeness (QED) is 0.745. The highest BCUT2D eigenvalue weighted by Crippen LogP contribution is 2.26. The average molecular weight is 212 g/mol. The summed E-state index contributed by atoms with van der Waals surface area (Å²) in [6.45, 7) is 6.97. The molecule has 3 nitrogen and oxygen atoms in total. The molecule has 88 valence electrons. The van der Waals surface area contributed by atoms with Gasteiger partial charge in [0.15, 0.2) is 0 Å². The van der Waals surface area contributed by atoms with E-state index in [2.05, 4.69) is 17.1 Å². The van der Waals surface area contributed by atoms with E-state index in [4.69, 9.17) is 4.74 Å². The number of ether oxygens (including phenoxy) is 1. The Morgan fingerprint density at radius 3 is 2.93 bits per heavy atom. The lowest BCUT2D eigenvalue weighted by molar-refractivity contribution is -0.0631. The number of methoxy groups -OCH3 is 1. The SMILES string of the molecule is COC1(C)CCCN(C2CCCNC2)C1. The Labute approximate surface area is 93.2 Å². The monoisotopic (exact) mass is 212 g/mol. The highest BCUT2D eigenvalue weighted by Gasteiger charge is 2.34. The topological polar surface area (TPSA) is 24.5 Å². The normalized spacial score (nSPS) is 39.2. The Bertz CT molecular complexity index is 204. The summed E-state index contributed by atoms with van der Waals surface area (Å²) in [5.41, 5.74) is 0.0930. The van der Waals surface area contributed by atoms with Gasteiger partial charge in [0, 0.05) is 26.2 Å². The maximum absolute atomic E-state index is 5.64. The van der Waals surface area contributed by atoms with Crippen LogP contribution in [0.2, 0.25) is 0 Å². The van der Waals surface area contributed by atoms with Gasteiger partial charge in [-0.1, -0.05) is 0 Å². The van der Waals surface area contributed by atoms with Crippen molar-refractivity contribution in [1.82, 2.24) is 10.2 Å². The smallest absolute Gasteiger partial charge is 0.0777 e. The summed E-state index contributed by atoms with van der Waals surface area (Å²) in [6, 6.07) is 0.744. The third-order valence-electron chi connectivity index (χ3n) is 3.97. The second-order valence-corrected chi connectivity index (χ2v) is 5.23. The predicted molar refractivity (Wildman–Crippen MR) is 62.1 cm³/mol. The van der Waals surface area contributed by atoms with Crippen LogP contribution < -0.4 is 5.32 Å². The second-order valence-electron chi connectivity index (χ2n) is 5.23. The van der Waals surface area contributed by atoms with E-state index >= 15 is 0 Å². The molecule has 0 spiro atoms. The predicted octanol–water partition coefficient (Wildman–Crippen LogP) is 1.24. The molecule has 0 aromatic rings. The summed E-state index contributed by atoms with van der Waals surface area (Å²) in [5.74, 6) is 0. The number of piperidine rings is 2. The number of rotatable bonds is 2. The lowest BCUT2D eigenvalue weighted by Crippen LogP contribution is -2.54. The number of likely N-dealkylation sites (tertiary alicyclic amines) is 1. The van der Waals surface area contributed by atoms with E-state index in [9.17, 15) is 0 Å². The number of nitrogens with zero attached hydrogens (tertiary/aromatic N) is 1. The van der Waals surface area contributed by atoms with Crippen LogP contribution in [0.25, 0.3) is 0 Å². The first kappa shape index (κ1) is 11.4. The Morgan fingerprint density at radius 1 is 1.40 bits per heavy atom. The van der Waals surface area contributed by atoms with Gasteiger partial charge in [0.25, 0.3) is 0 Å². The molecule has 0 aromatic heterocycles. The zero-order valence-electron chi connectivity index (χ0n) is 10.1. The van der Waals surface area contributed by atoms with Crippen LogP contribution in [0.3, 0.4) is 0 Å². The molecular formula is C12H24N2O. The molecule has 0 amide bonds. The van der Waals surface area contributed by atoms with Crippen LogP contribution in [0, 0.1) is 0 Å². The van der Waals surface area contributed by atoms with Crippen LogP contribution in [-0.4, -0.2) is 49.8 Å². The number of hydrogen-bond acceptors (Lipinski definition) is 3. The highest BCUT2D eigenvalue weighted by molar-refractivity contribution is 4.89. The van der Waals surface area contributed by atoms with Crippen molar-refractivity contribution in [2.75, 3.05) is 33.3 Å². The molecule has 2 fully saturated rings. The van der Waals surface area contributed by atoms with Gasteiger partial charge < -0.3 is 10.1 Å². The fraction of sp³-hybridized carbons (Fsp3) is 1.00. The molecule has 2 heterocycles. The van der Waals surface area contributed by atoms with Gasteiger partial charge in [-0.05, 0) is 45.7 Å². The Hall–Kier alpha value is -0.120. The molecule has 0 aromatic carbocycles. The molecule has 2 unspecified atom stereocenters. The van der Waals surface area contributed by atoms with Gasteiger partial charge in [0.2, 0.25) is 0 Å². The van der Waals surface area contributed by atoms with Crippen molar-refractivity contribution in [2.45, 2.75) is 44.2 Å². The summed E-state index contributed by atoms with van der Waals surface area (Å²) in [6.07, 6.45) is 5.17. The summed E-state index contributed by atoms with van der Waals surface area (Å²) in [4.78, 5) is 2.62. The summed E-state index contributed by atoms with van der Waals surface area (Å²) < 4.78 is 5.64. The lowest BCUT2D eigenvalue weighted by atomic mass is 9.92. The fourth-order valence-corrected chi connectivity index (χ4v) is 2.87. The van der Waals surface area contributed by atoms with Crippen LogP contribution in [0.1, 0.15) is 32.6 Å². The summed E-state index contributed by atoms with van der Waals surface area (Å²) in [7, 11) is 1.85. The van der Waals surface area contributed by atoms with Gasteiger partial charge >= 0.3 is 0 Å². The molecule has 0 saturated carbocycles. The van der Waals surface area contributed by atoms with Gasteiger partial charge in [0.1, 0.15) is 0 Å². The second kappa shape index (κ2) is 4.81. The van der Waals surface area contributed by atoms with E-state index in [0.29, 0.717) is 0 Å². The molecule has 2 saturated heterocycles. The summed E-state index contributed by atoms with van der Waals surface area (Å²) in [5, 5.41) is 3.50. The van der Waals surface area contributed by atoms with E-state index < -0.39 is 0 Å². The largest absolute Gasteiger partial charge is 0.377 e. The van der Waals surface area contributed by atoms with Gasteiger partial charge in [-0.15, -0.1) is 0 Å². The Kier molecular flexibility index (Phi) is 3.65. The minimum Gasteiger partial charge on any atom is -0.377 e. The maximum Gasteiger partial charge on any atom is 0.0777 e. The van der Waals surface area contributed by atoms with E-state index in [0.717, 1.165) is 12.6 Å². The molecule has 0 aliphatic carbocycles. The van der Waals surface area contributed by atoms with E-state index in [1.54, 1.807) is 0 Å². The first-order valence-corrected chi connectivity index (χ1v) is 6.23. The average Bonchev–Trinajstić information content (AvgIpc) is 2.30. The third-order valence-corrected chi connectivity index (χ3v) is 3.97. The van der Waals surface area contributed by atoms with Gasteiger partial charge in [-0.2, -0.15) is 0 Å². The Morgan fingerprint density at radius 2 is 2.27 bits per heavy atom. The van der Waals surface area contributed by atoms with Crippen LogP contribution in [0.15, 0.2) is 0 Å². The van der Waals surface area contributed by atoms with Crippen molar-refractivity contribution in [3.63, 3.8) is 0 Å². The molecule has 0 bridgehead atoms. The minimum atomic E-state index is 0.0930. The van der Waals surface area contributed by atoms with Crippen LogP contribution in [0.4, 0.5) is 0 Å². The van der Waals surface area contributed by atoms with E-state index in [1.165, 1.54) is 45.3 Å². The summed E-state index contributed by atoms with van der Waals surface area (Å²) >= 11 is 0. The zero-order valence-corrected chi connectivity index (χ0v) is 10.1. The number of nitrogens with one attached hydrogen (secondary N) is 1. The van der Waals surface area contributed by atoms with Gasteiger partial charge in [0.05, 0.1) is 5.60 Å². The van der Waals surface area contributed by atoms with E-state index in [-0.39, 0.29) is 5.60 Å². The van der Waals surface area contributed by atoms with E-state index in [1.807, 2.05) is 7.11 Å². The molecule has 2 aliphatic rings. The van der Waals surface area contributed by atoms with Crippen molar-refractivity contribution in [3.05, 3.63) is 0 Å². The maximum atomic E-state index is 5.64. The molecule has 0 radical (unpaired) electrons. The van der Waals surface area contributed by atoms with Crippen molar-refractivity contribution in [3.8, 4) is 0 Å². The van der Waals surface area contributed by atoms with Crippen LogP contribution in [0.5, 0.6) is 0 Å². The minimum absolute atomic E-state index is 0.0930. The zero-order chi connectivity index (χ0) is 10.7. The van der Waals surface area contributed by atoms with Crippen molar-refractivity contribution < 1.29 is 4.74 Å². The molecule has 3 heteroatoms. The molecule has 2 atom stereocenters.